The summed E-state index contributed by atoms with van der Waals surface area (Å²) in [5, 5.41) is 0. The second kappa shape index (κ2) is 8.31. The molecule has 0 spiro atoms. The number of hydrogen-bond donors (Lipinski definition) is 0. The molecule has 2 heterocycles. The van der Waals surface area contributed by atoms with E-state index in [9.17, 15) is 9.59 Å². The van der Waals surface area contributed by atoms with Gasteiger partial charge in [-0.25, -0.2) is 9.78 Å². The number of hydrogen-bond acceptors (Lipinski definition) is 4. The van der Waals surface area contributed by atoms with E-state index >= 15 is 0 Å². The van der Waals surface area contributed by atoms with Gasteiger partial charge in [0.1, 0.15) is 5.75 Å². The SMILES string of the molecule is CCn1cnc2c1c(=O)n(Cc1cc(Br)ccc1OC)c(=O)n2Cc1ccccc1. The van der Waals surface area contributed by atoms with Gasteiger partial charge in [0.2, 0.25) is 0 Å². The van der Waals surface area contributed by atoms with Crippen LogP contribution in [0.4, 0.5) is 0 Å². The van der Waals surface area contributed by atoms with Crippen molar-refractivity contribution in [3.05, 3.63) is 91.3 Å². The van der Waals surface area contributed by atoms with E-state index in [0.29, 0.717) is 30.0 Å². The highest BCUT2D eigenvalue weighted by molar-refractivity contribution is 9.10. The number of rotatable bonds is 6. The number of aryl methyl sites for hydroxylation is 1. The van der Waals surface area contributed by atoms with E-state index in [1.807, 2.05) is 55.5 Å². The Morgan fingerprint density at radius 3 is 2.50 bits per heavy atom. The third-order valence-corrected chi connectivity index (χ3v) is 5.57. The highest BCUT2D eigenvalue weighted by atomic mass is 79.9. The van der Waals surface area contributed by atoms with Crippen LogP contribution in [0.3, 0.4) is 0 Å². The summed E-state index contributed by atoms with van der Waals surface area (Å²) in [7, 11) is 1.57. The predicted molar refractivity (Wildman–Crippen MR) is 119 cm³/mol. The van der Waals surface area contributed by atoms with Crippen LogP contribution in [0, 0.1) is 0 Å². The third-order valence-electron chi connectivity index (χ3n) is 5.08. The second-order valence-corrected chi connectivity index (χ2v) is 7.82. The molecule has 8 heteroatoms. The van der Waals surface area contributed by atoms with Crippen LogP contribution in [0.2, 0.25) is 0 Å². The molecule has 0 unspecified atom stereocenters. The molecule has 4 rings (SSSR count). The molecule has 0 aliphatic rings. The first kappa shape index (κ1) is 20.2. The molecule has 7 nitrogen and oxygen atoms in total. The van der Waals surface area contributed by atoms with Crippen LogP contribution >= 0.6 is 15.9 Å². The van der Waals surface area contributed by atoms with E-state index in [4.69, 9.17) is 4.74 Å². The van der Waals surface area contributed by atoms with Crippen molar-refractivity contribution in [3.8, 4) is 5.75 Å². The Bertz CT molecular complexity index is 1320. The van der Waals surface area contributed by atoms with Crippen LogP contribution in [0.25, 0.3) is 11.2 Å². The number of methoxy groups -OCH3 is 1. The standard InChI is InChI=1S/C22H21BrN4O3/c1-3-25-14-24-20-19(25)21(28)27(13-16-11-17(23)9-10-18(16)30-2)22(29)26(20)12-15-7-5-4-6-8-15/h4-11,14H,3,12-13H2,1-2H3. The number of fused-ring (bicyclic) bond motifs is 1. The Kier molecular flexibility index (Phi) is 5.59. The molecule has 0 N–H and O–H groups in total. The smallest absolute Gasteiger partial charge is 0.333 e. The second-order valence-electron chi connectivity index (χ2n) is 6.90. The summed E-state index contributed by atoms with van der Waals surface area (Å²) in [4.78, 5) is 31.1. The molecule has 0 aliphatic heterocycles. The molecule has 2 aromatic heterocycles. The summed E-state index contributed by atoms with van der Waals surface area (Å²) in [6.07, 6.45) is 1.61. The van der Waals surface area contributed by atoms with E-state index in [2.05, 4.69) is 20.9 Å². The van der Waals surface area contributed by atoms with Gasteiger partial charge >= 0.3 is 5.69 Å². The van der Waals surface area contributed by atoms with E-state index < -0.39 is 5.69 Å². The highest BCUT2D eigenvalue weighted by Gasteiger charge is 2.19. The zero-order chi connectivity index (χ0) is 21.3. The Labute approximate surface area is 181 Å². The quantitative estimate of drug-likeness (QED) is 0.435. The van der Waals surface area contributed by atoms with Gasteiger partial charge in [-0.15, -0.1) is 0 Å². The minimum absolute atomic E-state index is 0.0971. The number of benzene rings is 2. The zero-order valence-corrected chi connectivity index (χ0v) is 18.3. The van der Waals surface area contributed by atoms with Gasteiger partial charge in [0, 0.05) is 16.6 Å². The first-order chi connectivity index (χ1) is 14.5. The minimum atomic E-state index is -0.403. The zero-order valence-electron chi connectivity index (χ0n) is 16.7. The van der Waals surface area contributed by atoms with Gasteiger partial charge in [-0.2, -0.15) is 0 Å². The molecule has 0 radical (unpaired) electrons. The van der Waals surface area contributed by atoms with Gasteiger partial charge < -0.3 is 9.30 Å². The van der Waals surface area contributed by atoms with Crippen molar-refractivity contribution in [3.63, 3.8) is 0 Å². The van der Waals surface area contributed by atoms with Gasteiger partial charge in [-0.1, -0.05) is 46.3 Å². The number of aromatic nitrogens is 4. The van der Waals surface area contributed by atoms with Gasteiger partial charge in [0.25, 0.3) is 5.56 Å². The summed E-state index contributed by atoms with van der Waals surface area (Å²) in [5.41, 5.74) is 1.74. The fourth-order valence-corrected chi connectivity index (χ4v) is 3.98. The van der Waals surface area contributed by atoms with Gasteiger partial charge in [-0.3, -0.25) is 13.9 Å². The average molecular weight is 469 g/mol. The van der Waals surface area contributed by atoms with Crippen LogP contribution < -0.4 is 16.0 Å². The molecule has 4 aromatic rings. The molecular formula is C22H21BrN4O3. The van der Waals surface area contributed by atoms with Crippen molar-refractivity contribution in [2.75, 3.05) is 7.11 Å². The molecule has 0 bridgehead atoms. The number of imidazole rings is 1. The average Bonchev–Trinajstić information content (AvgIpc) is 3.19. The van der Waals surface area contributed by atoms with Crippen molar-refractivity contribution in [1.29, 1.82) is 0 Å². The number of nitrogens with zero attached hydrogens (tertiary/aromatic N) is 4. The molecule has 0 aliphatic carbocycles. The van der Waals surface area contributed by atoms with Crippen LogP contribution in [-0.4, -0.2) is 25.8 Å². The first-order valence-corrected chi connectivity index (χ1v) is 10.4. The maximum atomic E-state index is 13.4. The third kappa shape index (κ3) is 3.59. The van der Waals surface area contributed by atoms with Gasteiger partial charge in [0.15, 0.2) is 11.2 Å². The lowest BCUT2D eigenvalue weighted by Crippen LogP contribution is -2.41. The van der Waals surface area contributed by atoms with Crippen molar-refractivity contribution < 1.29 is 4.74 Å². The summed E-state index contributed by atoms with van der Waals surface area (Å²) >= 11 is 3.45. The molecule has 0 atom stereocenters. The van der Waals surface area contributed by atoms with Crippen molar-refractivity contribution in [1.82, 2.24) is 18.7 Å². The maximum Gasteiger partial charge on any atom is 0.333 e. The number of ether oxygens (including phenoxy) is 1. The van der Waals surface area contributed by atoms with Gasteiger partial charge in [-0.05, 0) is 30.7 Å². The molecular weight excluding hydrogens is 448 g/mol. The topological polar surface area (TPSA) is 71.1 Å². The summed E-state index contributed by atoms with van der Waals surface area (Å²) in [6, 6.07) is 15.2. The Hall–Kier alpha value is -3.13. The van der Waals surface area contributed by atoms with Gasteiger partial charge in [0.05, 0.1) is 26.5 Å². The van der Waals surface area contributed by atoms with Crippen LogP contribution in [-0.2, 0) is 19.6 Å². The molecule has 0 amide bonds. The lowest BCUT2D eigenvalue weighted by molar-refractivity contribution is 0.407. The van der Waals surface area contributed by atoms with Crippen molar-refractivity contribution in [2.24, 2.45) is 0 Å². The first-order valence-electron chi connectivity index (χ1n) is 9.58. The van der Waals surface area contributed by atoms with Crippen molar-refractivity contribution in [2.45, 2.75) is 26.6 Å². The fraction of sp³-hybridized carbons (Fsp3) is 0.227. The maximum absolute atomic E-state index is 13.4. The van der Waals surface area contributed by atoms with Crippen LogP contribution in [0.5, 0.6) is 5.75 Å². The van der Waals surface area contributed by atoms with E-state index in [1.165, 1.54) is 4.57 Å². The Balaban J connectivity index is 1.95. The minimum Gasteiger partial charge on any atom is -0.496 e. The lowest BCUT2D eigenvalue weighted by Gasteiger charge is -2.14. The highest BCUT2D eigenvalue weighted by Crippen LogP contribution is 2.23. The molecule has 2 aromatic carbocycles. The molecule has 0 fully saturated rings. The molecule has 154 valence electrons. The Morgan fingerprint density at radius 1 is 1.03 bits per heavy atom. The Morgan fingerprint density at radius 2 is 1.80 bits per heavy atom. The van der Waals surface area contributed by atoms with Crippen LogP contribution in [0.1, 0.15) is 18.1 Å². The largest absolute Gasteiger partial charge is 0.496 e. The molecule has 0 saturated heterocycles. The number of halogens is 1. The summed E-state index contributed by atoms with van der Waals surface area (Å²) < 4.78 is 10.9. The predicted octanol–water partition coefficient (Wildman–Crippen LogP) is 3.25. The summed E-state index contributed by atoms with van der Waals surface area (Å²) in [5.74, 6) is 0.614. The molecule has 0 saturated carbocycles. The van der Waals surface area contributed by atoms with E-state index in [1.54, 1.807) is 22.6 Å². The molecule has 30 heavy (non-hydrogen) atoms. The monoisotopic (exact) mass is 468 g/mol. The normalized spacial score (nSPS) is 11.2. The van der Waals surface area contributed by atoms with Crippen LogP contribution in [0.15, 0.2) is 68.9 Å². The lowest BCUT2D eigenvalue weighted by atomic mass is 10.2. The fourth-order valence-electron chi connectivity index (χ4n) is 3.57. The van der Waals surface area contributed by atoms with E-state index in [-0.39, 0.29) is 12.1 Å². The van der Waals surface area contributed by atoms with Crippen molar-refractivity contribution >= 4 is 27.1 Å². The summed E-state index contributed by atoms with van der Waals surface area (Å²) in [6.45, 7) is 2.94. The van der Waals surface area contributed by atoms with E-state index in [0.717, 1.165) is 15.6 Å².